The van der Waals surface area contributed by atoms with Gasteiger partial charge in [0.2, 0.25) is 5.91 Å². The lowest BCUT2D eigenvalue weighted by atomic mass is 9.86. The number of ketones is 1. The fraction of sp³-hybridized carbons (Fsp3) is 0.522. The zero-order chi connectivity index (χ0) is 22.1. The summed E-state index contributed by atoms with van der Waals surface area (Å²) in [6.45, 7) is 5.86. The van der Waals surface area contributed by atoms with Crippen molar-refractivity contribution < 1.29 is 14.7 Å². The maximum Gasteiger partial charge on any atom is 0.240 e. The summed E-state index contributed by atoms with van der Waals surface area (Å²) in [7, 11) is 1.90. The molecule has 0 saturated carbocycles. The average Bonchev–Trinajstić information content (AvgIpc) is 3.30. The Hall–Kier alpha value is -2.51. The van der Waals surface area contributed by atoms with Crippen molar-refractivity contribution in [1.82, 2.24) is 14.7 Å². The predicted octanol–water partition coefficient (Wildman–Crippen LogP) is 1.92. The first-order valence-electron chi connectivity index (χ1n) is 10.4. The number of hydrogen-bond acceptors (Lipinski definition) is 5. The molecule has 3 atom stereocenters. The number of carbonyl (C=O) groups excluding carboxylic acids is 2. The van der Waals surface area contributed by atoms with Gasteiger partial charge in [-0.15, -0.1) is 0 Å². The van der Waals surface area contributed by atoms with Gasteiger partial charge in [-0.2, -0.15) is 5.10 Å². The highest BCUT2D eigenvalue weighted by Gasteiger charge is 2.42. The number of β-amino-alcohol motifs (C(OH)–C–C–N with tert-alkyl or cyclic N) is 1. The van der Waals surface area contributed by atoms with Crippen LogP contribution in [0.4, 0.5) is 0 Å². The van der Waals surface area contributed by atoms with E-state index in [1.54, 1.807) is 6.20 Å². The van der Waals surface area contributed by atoms with Crippen molar-refractivity contribution in [2.45, 2.75) is 58.2 Å². The number of aryl methyl sites for hydroxylation is 2. The zero-order valence-corrected chi connectivity index (χ0v) is 18.2. The molecule has 0 unspecified atom stereocenters. The summed E-state index contributed by atoms with van der Waals surface area (Å²) >= 11 is 0. The van der Waals surface area contributed by atoms with Crippen molar-refractivity contribution in [3.05, 3.63) is 42.1 Å². The third kappa shape index (κ3) is 4.79. The van der Waals surface area contributed by atoms with Crippen molar-refractivity contribution in [1.29, 1.82) is 0 Å². The standard InChI is InChI=1S/C23H32N4O3/c1-23(2,3)21(24)22(30)27-14-17(28)13-19(27)20(29)10-7-15-5-8-16(9-6-15)18-11-12-25-26(18)4/h5-6,8-9,11-12,17,19,21,28H,7,10,13-14,24H2,1-4H3/t17-,19+,21-/m1/s1. The van der Waals surface area contributed by atoms with Gasteiger partial charge in [-0.05, 0) is 29.0 Å². The van der Waals surface area contributed by atoms with Crippen LogP contribution in [0.15, 0.2) is 36.5 Å². The van der Waals surface area contributed by atoms with E-state index in [1.807, 2.05) is 62.8 Å². The number of aliphatic hydroxyl groups is 1. The molecule has 1 aliphatic heterocycles. The summed E-state index contributed by atoms with van der Waals surface area (Å²) in [6, 6.07) is 8.71. The lowest BCUT2D eigenvalue weighted by Crippen LogP contribution is -2.53. The highest BCUT2D eigenvalue weighted by atomic mass is 16.3. The molecule has 3 rings (SSSR count). The molecule has 0 aliphatic carbocycles. The summed E-state index contributed by atoms with van der Waals surface area (Å²) in [5.41, 5.74) is 8.86. The van der Waals surface area contributed by atoms with E-state index in [0.29, 0.717) is 12.8 Å². The number of benzene rings is 1. The van der Waals surface area contributed by atoms with Gasteiger partial charge in [-0.1, -0.05) is 45.0 Å². The minimum atomic E-state index is -0.711. The smallest absolute Gasteiger partial charge is 0.240 e. The second-order valence-electron chi connectivity index (χ2n) is 9.24. The zero-order valence-electron chi connectivity index (χ0n) is 18.2. The molecule has 1 amide bonds. The third-order valence-electron chi connectivity index (χ3n) is 5.86. The Labute approximate surface area is 177 Å². The van der Waals surface area contributed by atoms with Gasteiger partial charge in [0.05, 0.1) is 23.9 Å². The minimum absolute atomic E-state index is 0.0308. The Morgan fingerprint density at radius 3 is 2.47 bits per heavy atom. The van der Waals surface area contributed by atoms with Crippen molar-refractivity contribution in [3.8, 4) is 11.3 Å². The molecule has 7 heteroatoms. The van der Waals surface area contributed by atoms with E-state index in [4.69, 9.17) is 5.73 Å². The number of likely N-dealkylation sites (tertiary alicyclic amines) is 1. The average molecular weight is 413 g/mol. The van der Waals surface area contributed by atoms with Gasteiger partial charge in [0.1, 0.15) is 0 Å². The molecule has 2 heterocycles. The van der Waals surface area contributed by atoms with Crippen LogP contribution in [0.5, 0.6) is 0 Å². The Balaban J connectivity index is 1.63. The van der Waals surface area contributed by atoms with Crippen LogP contribution in [0.2, 0.25) is 0 Å². The third-order valence-corrected chi connectivity index (χ3v) is 5.86. The van der Waals surface area contributed by atoms with E-state index in [1.165, 1.54) is 4.90 Å². The highest BCUT2D eigenvalue weighted by molar-refractivity contribution is 5.92. The highest BCUT2D eigenvalue weighted by Crippen LogP contribution is 2.26. The second-order valence-corrected chi connectivity index (χ2v) is 9.24. The van der Waals surface area contributed by atoms with Gasteiger partial charge in [0, 0.05) is 32.6 Å². The molecule has 2 aromatic rings. The number of Topliss-reactive ketones (excluding diaryl/α,β-unsaturated/α-hetero) is 1. The number of carbonyl (C=O) groups is 2. The van der Waals surface area contributed by atoms with Crippen LogP contribution in [0, 0.1) is 5.41 Å². The summed E-state index contributed by atoms with van der Waals surface area (Å²) in [4.78, 5) is 27.2. The molecule has 162 valence electrons. The lowest BCUT2D eigenvalue weighted by Gasteiger charge is -2.32. The first-order chi connectivity index (χ1) is 14.1. The maximum atomic E-state index is 12.9. The second kappa shape index (κ2) is 8.70. The fourth-order valence-electron chi connectivity index (χ4n) is 3.85. The molecule has 1 fully saturated rings. The van der Waals surface area contributed by atoms with E-state index in [0.717, 1.165) is 16.8 Å². The Bertz CT molecular complexity index is 898. The van der Waals surface area contributed by atoms with Crippen LogP contribution in [-0.2, 0) is 23.1 Å². The molecule has 3 N–H and O–H groups in total. The number of amides is 1. The largest absolute Gasteiger partial charge is 0.391 e. The summed E-state index contributed by atoms with van der Waals surface area (Å²) < 4.78 is 1.82. The van der Waals surface area contributed by atoms with E-state index in [2.05, 4.69) is 5.10 Å². The number of nitrogens with two attached hydrogens (primary N) is 1. The number of hydrogen-bond donors (Lipinski definition) is 2. The van der Waals surface area contributed by atoms with E-state index < -0.39 is 23.6 Å². The Kier molecular flexibility index (Phi) is 6.43. The first kappa shape index (κ1) is 22.2. The number of nitrogens with zero attached hydrogens (tertiary/aromatic N) is 3. The van der Waals surface area contributed by atoms with Crippen molar-refractivity contribution in [2.75, 3.05) is 6.54 Å². The van der Waals surface area contributed by atoms with Crippen LogP contribution in [0.1, 0.15) is 39.2 Å². The van der Waals surface area contributed by atoms with Crippen LogP contribution in [0.3, 0.4) is 0 Å². The summed E-state index contributed by atoms with van der Waals surface area (Å²) in [5.74, 6) is -0.297. The van der Waals surface area contributed by atoms with Gasteiger partial charge >= 0.3 is 0 Å². The molecule has 30 heavy (non-hydrogen) atoms. The van der Waals surface area contributed by atoms with Gasteiger partial charge < -0.3 is 15.7 Å². The molecular formula is C23H32N4O3. The monoisotopic (exact) mass is 412 g/mol. The van der Waals surface area contributed by atoms with Crippen molar-refractivity contribution >= 4 is 11.7 Å². The fourth-order valence-corrected chi connectivity index (χ4v) is 3.85. The Morgan fingerprint density at radius 2 is 1.90 bits per heavy atom. The minimum Gasteiger partial charge on any atom is -0.391 e. The molecule has 1 aromatic carbocycles. The van der Waals surface area contributed by atoms with Gasteiger partial charge in [-0.3, -0.25) is 14.3 Å². The van der Waals surface area contributed by atoms with Crippen LogP contribution in [0.25, 0.3) is 11.3 Å². The molecule has 7 nitrogen and oxygen atoms in total. The number of rotatable bonds is 6. The lowest BCUT2D eigenvalue weighted by molar-refractivity contribution is -0.140. The molecule has 1 aliphatic rings. The Morgan fingerprint density at radius 1 is 1.23 bits per heavy atom. The van der Waals surface area contributed by atoms with Crippen LogP contribution >= 0.6 is 0 Å². The quantitative estimate of drug-likeness (QED) is 0.755. The first-order valence-corrected chi connectivity index (χ1v) is 10.4. The molecule has 1 saturated heterocycles. The summed E-state index contributed by atoms with van der Waals surface area (Å²) in [5, 5.41) is 14.3. The molecule has 0 radical (unpaired) electrons. The summed E-state index contributed by atoms with van der Waals surface area (Å²) in [6.07, 6.45) is 2.26. The van der Waals surface area contributed by atoms with Gasteiger partial charge in [0.15, 0.2) is 5.78 Å². The van der Waals surface area contributed by atoms with Gasteiger partial charge in [-0.25, -0.2) is 0 Å². The molecule has 0 bridgehead atoms. The normalized spacial score (nSPS) is 20.4. The van der Waals surface area contributed by atoms with E-state index in [9.17, 15) is 14.7 Å². The van der Waals surface area contributed by atoms with Gasteiger partial charge in [0.25, 0.3) is 0 Å². The van der Waals surface area contributed by atoms with E-state index in [-0.39, 0.29) is 24.7 Å². The topological polar surface area (TPSA) is 101 Å². The van der Waals surface area contributed by atoms with Crippen molar-refractivity contribution in [3.63, 3.8) is 0 Å². The maximum absolute atomic E-state index is 12.9. The number of aliphatic hydroxyl groups excluding tert-OH is 1. The SMILES string of the molecule is Cn1nccc1-c1ccc(CCC(=O)[C@@H]2C[C@@H](O)CN2C(=O)[C@@H](N)C(C)(C)C)cc1. The van der Waals surface area contributed by atoms with Crippen LogP contribution < -0.4 is 5.73 Å². The van der Waals surface area contributed by atoms with E-state index >= 15 is 0 Å². The van der Waals surface area contributed by atoms with Crippen LogP contribution in [-0.4, -0.2) is 56.2 Å². The molecular weight excluding hydrogens is 380 g/mol. The predicted molar refractivity (Wildman–Crippen MR) is 116 cm³/mol. The molecule has 0 spiro atoms. The number of aromatic nitrogens is 2. The van der Waals surface area contributed by atoms with Crippen molar-refractivity contribution in [2.24, 2.45) is 18.2 Å². The molecule has 1 aromatic heterocycles.